The Morgan fingerprint density at radius 1 is 0.618 bits per heavy atom. The molecule has 34 heavy (non-hydrogen) atoms. The summed E-state index contributed by atoms with van der Waals surface area (Å²) in [7, 11) is -1.69. The summed E-state index contributed by atoms with van der Waals surface area (Å²) in [6.07, 6.45) is 21.9. The minimum atomic E-state index is -1.69. The molecule has 0 spiro atoms. The lowest BCUT2D eigenvalue weighted by atomic mass is 9.99. The third kappa shape index (κ3) is 17.6. The predicted molar refractivity (Wildman–Crippen MR) is 148 cm³/mol. The van der Waals surface area contributed by atoms with Gasteiger partial charge in [0.25, 0.3) is 0 Å². The van der Waals surface area contributed by atoms with Crippen molar-refractivity contribution in [2.24, 2.45) is 0 Å². The van der Waals surface area contributed by atoms with Gasteiger partial charge in [0.2, 0.25) is 0 Å². The molecule has 0 aromatic carbocycles. The minimum absolute atomic E-state index is 0.607. The van der Waals surface area contributed by atoms with E-state index in [0.717, 1.165) is 31.8 Å². The average Bonchev–Trinajstić information content (AvgIpc) is 2.85. The van der Waals surface area contributed by atoms with Crippen molar-refractivity contribution in [1.82, 2.24) is 9.80 Å². The SMILES string of the molecule is CCCCCCCCCOP(O)OCCCCN1CCN(C(CCCCC)CCCCC)CC1. The molecule has 6 heteroatoms. The lowest BCUT2D eigenvalue weighted by Gasteiger charge is -2.39. The maximum absolute atomic E-state index is 9.91. The van der Waals surface area contributed by atoms with E-state index in [1.54, 1.807) is 0 Å². The standard InChI is InChI=1S/C28H59N2O3P/c1-4-7-10-11-12-13-17-26-32-34(31)33-27-18-16-21-29-22-24-30(25-23-29)28(19-14-8-5-2)20-15-9-6-3/h28,31H,4-27H2,1-3H3. The molecule has 204 valence electrons. The number of hydrogen-bond donors (Lipinski definition) is 1. The van der Waals surface area contributed by atoms with Gasteiger partial charge in [-0.3, -0.25) is 4.90 Å². The second-order valence-corrected chi connectivity index (χ2v) is 11.2. The lowest BCUT2D eigenvalue weighted by Crippen LogP contribution is -2.50. The highest BCUT2D eigenvalue weighted by Crippen LogP contribution is 2.33. The van der Waals surface area contributed by atoms with Gasteiger partial charge in [-0.05, 0) is 38.6 Å². The molecule has 1 unspecified atom stereocenters. The van der Waals surface area contributed by atoms with Crippen LogP contribution in [0.2, 0.25) is 0 Å². The molecule has 5 nitrogen and oxygen atoms in total. The third-order valence-electron chi connectivity index (χ3n) is 7.23. The van der Waals surface area contributed by atoms with Crippen LogP contribution in [0, 0.1) is 0 Å². The van der Waals surface area contributed by atoms with Crippen LogP contribution in [0.25, 0.3) is 0 Å². The second-order valence-electron chi connectivity index (χ2n) is 10.3. The van der Waals surface area contributed by atoms with E-state index >= 15 is 0 Å². The van der Waals surface area contributed by atoms with Crippen molar-refractivity contribution in [3.8, 4) is 0 Å². The molecule has 1 aliphatic heterocycles. The molecule has 1 atom stereocenters. The van der Waals surface area contributed by atoms with Crippen LogP contribution in [0.4, 0.5) is 0 Å². The van der Waals surface area contributed by atoms with Crippen LogP contribution in [0.5, 0.6) is 0 Å². The van der Waals surface area contributed by atoms with Crippen LogP contribution in [-0.4, -0.2) is 66.7 Å². The Balaban J connectivity index is 2.03. The maximum Gasteiger partial charge on any atom is 0.329 e. The Bertz CT molecular complexity index is 412. The zero-order valence-electron chi connectivity index (χ0n) is 23.2. The molecule has 0 aromatic rings. The van der Waals surface area contributed by atoms with Gasteiger partial charge < -0.3 is 18.8 Å². The van der Waals surface area contributed by atoms with E-state index in [1.807, 2.05) is 0 Å². The van der Waals surface area contributed by atoms with Gasteiger partial charge >= 0.3 is 8.60 Å². The normalized spacial score (nSPS) is 16.5. The molecule has 1 rings (SSSR count). The van der Waals surface area contributed by atoms with Gasteiger partial charge in [-0.15, -0.1) is 0 Å². The summed E-state index contributed by atoms with van der Waals surface area (Å²) in [5, 5.41) is 0. The molecule has 1 heterocycles. The Kier molecular flexibility index (Phi) is 22.4. The van der Waals surface area contributed by atoms with Gasteiger partial charge in [0.1, 0.15) is 0 Å². The smallest absolute Gasteiger partial charge is 0.328 e. The molecule has 0 bridgehead atoms. The Labute approximate surface area is 214 Å². The average molecular weight is 503 g/mol. The van der Waals surface area contributed by atoms with Crippen LogP contribution in [0.1, 0.15) is 130 Å². The summed E-state index contributed by atoms with van der Waals surface area (Å²) in [6.45, 7) is 14.1. The van der Waals surface area contributed by atoms with E-state index in [4.69, 9.17) is 9.05 Å². The summed E-state index contributed by atoms with van der Waals surface area (Å²) in [4.78, 5) is 15.3. The maximum atomic E-state index is 9.91. The Morgan fingerprint density at radius 2 is 1.09 bits per heavy atom. The van der Waals surface area contributed by atoms with Crippen molar-refractivity contribution in [2.75, 3.05) is 45.9 Å². The molecule has 0 amide bonds. The fourth-order valence-electron chi connectivity index (χ4n) is 4.94. The van der Waals surface area contributed by atoms with Crippen molar-refractivity contribution in [2.45, 2.75) is 136 Å². The van der Waals surface area contributed by atoms with Crippen molar-refractivity contribution >= 4 is 8.60 Å². The van der Waals surface area contributed by atoms with Gasteiger partial charge in [-0.1, -0.05) is 97.8 Å². The first kappa shape index (κ1) is 32.3. The van der Waals surface area contributed by atoms with Crippen LogP contribution in [0.15, 0.2) is 0 Å². The zero-order valence-corrected chi connectivity index (χ0v) is 24.0. The fourth-order valence-corrected chi connectivity index (χ4v) is 5.59. The molecule has 0 saturated carbocycles. The number of piperazine rings is 1. The second kappa shape index (κ2) is 23.6. The third-order valence-corrected chi connectivity index (χ3v) is 8.03. The van der Waals surface area contributed by atoms with Crippen LogP contribution >= 0.6 is 8.60 Å². The minimum Gasteiger partial charge on any atom is -0.328 e. The zero-order chi connectivity index (χ0) is 24.7. The summed E-state index contributed by atoms with van der Waals surface area (Å²) >= 11 is 0. The van der Waals surface area contributed by atoms with Gasteiger partial charge in [-0.25, -0.2) is 0 Å². The van der Waals surface area contributed by atoms with E-state index in [1.165, 1.54) is 116 Å². The summed E-state index contributed by atoms with van der Waals surface area (Å²) < 4.78 is 11.0. The van der Waals surface area contributed by atoms with Gasteiger partial charge in [0.15, 0.2) is 0 Å². The molecule has 1 fully saturated rings. The highest BCUT2D eigenvalue weighted by molar-refractivity contribution is 7.40. The summed E-state index contributed by atoms with van der Waals surface area (Å²) in [5.41, 5.74) is 0. The molecule has 0 aromatic heterocycles. The molecule has 1 saturated heterocycles. The molecule has 0 aliphatic carbocycles. The van der Waals surface area contributed by atoms with E-state index < -0.39 is 8.60 Å². The van der Waals surface area contributed by atoms with Gasteiger partial charge in [0, 0.05) is 32.2 Å². The quantitative estimate of drug-likeness (QED) is 0.107. The highest BCUT2D eigenvalue weighted by atomic mass is 31.2. The van der Waals surface area contributed by atoms with Crippen LogP contribution < -0.4 is 0 Å². The summed E-state index contributed by atoms with van der Waals surface area (Å²) in [6, 6.07) is 0.804. The fraction of sp³-hybridized carbons (Fsp3) is 1.00. The van der Waals surface area contributed by atoms with Crippen LogP contribution in [-0.2, 0) is 9.05 Å². The number of rotatable bonds is 24. The van der Waals surface area contributed by atoms with Crippen molar-refractivity contribution < 1.29 is 13.9 Å². The predicted octanol–water partition coefficient (Wildman–Crippen LogP) is 7.92. The number of unbranched alkanes of at least 4 members (excludes halogenated alkanes) is 11. The van der Waals surface area contributed by atoms with E-state index in [9.17, 15) is 4.89 Å². The Morgan fingerprint density at radius 3 is 1.65 bits per heavy atom. The summed E-state index contributed by atoms with van der Waals surface area (Å²) in [5.74, 6) is 0. The van der Waals surface area contributed by atoms with Crippen molar-refractivity contribution in [3.63, 3.8) is 0 Å². The highest BCUT2D eigenvalue weighted by Gasteiger charge is 2.23. The molecular weight excluding hydrogens is 443 g/mol. The van der Waals surface area contributed by atoms with Crippen molar-refractivity contribution in [1.29, 1.82) is 0 Å². The van der Waals surface area contributed by atoms with Crippen molar-refractivity contribution in [3.05, 3.63) is 0 Å². The Hall–Kier alpha value is 0.230. The van der Waals surface area contributed by atoms with Gasteiger partial charge in [0.05, 0.1) is 13.2 Å². The molecule has 0 radical (unpaired) electrons. The first-order valence-electron chi connectivity index (χ1n) is 14.9. The molecule has 1 aliphatic rings. The van der Waals surface area contributed by atoms with E-state index in [0.29, 0.717) is 13.2 Å². The topological polar surface area (TPSA) is 45.2 Å². The molecular formula is C28H59N2O3P. The molecule has 1 N–H and O–H groups in total. The van der Waals surface area contributed by atoms with E-state index in [-0.39, 0.29) is 0 Å². The first-order chi connectivity index (χ1) is 16.7. The number of hydrogen-bond acceptors (Lipinski definition) is 5. The van der Waals surface area contributed by atoms with Crippen LogP contribution in [0.3, 0.4) is 0 Å². The lowest BCUT2D eigenvalue weighted by molar-refractivity contribution is 0.0838. The van der Waals surface area contributed by atoms with Gasteiger partial charge in [-0.2, -0.15) is 0 Å². The monoisotopic (exact) mass is 502 g/mol. The first-order valence-corrected chi connectivity index (χ1v) is 16.0. The number of nitrogens with zero attached hydrogens (tertiary/aromatic N) is 2. The largest absolute Gasteiger partial charge is 0.329 e. The van der Waals surface area contributed by atoms with E-state index in [2.05, 4.69) is 30.6 Å².